The van der Waals surface area contributed by atoms with Crippen molar-refractivity contribution < 1.29 is 5.11 Å². The number of aryl methyl sites for hydroxylation is 1. The molecule has 0 saturated carbocycles. The molecule has 6 nitrogen and oxygen atoms in total. The summed E-state index contributed by atoms with van der Waals surface area (Å²) in [6.45, 7) is 0. The zero-order valence-electron chi connectivity index (χ0n) is 10.4. The Bertz CT molecular complexity index is 673. The Hall–Kier alpha value is -2.47. The molecule has 0 aliphatic heterocycles. The van der Waals surface area contributed by atoms with E-state index in [0.717, 1.165) is 5.69 Å². The van der Waals surface area contributed by atoms with E-state index < -0.39 is 6.10 Å². The lowest BCUT2D eigenvalue weighted by Gasteiger charge is -2.07. The quantitative estimate of drug-likeness (QED) is 0.760. The van der Waals surface area contributed by atoms with Gasteiger partial charge in [-0.3, -0.25) is 4.68 Å². The topological polar surface area (TPSA) is 68.8 Å². The van der Waals surface area contributed by atoms with E-state index >= 15 is 0 Å². The predicted molar refractivity (Wildman–Crippen MR) is 68.6 cm³/mol. The average molecular weight is 255 g/mol. The van der Waals surface area contributed by atoms with Gasteiger partial charge in [-0.25, -0.2) is 0 Å². The number of benzene rings is 1. The Morgan fingerprint density at radius 2 is 1.89 bits per heavy atom. The molecule has 1 N–H and O–H groups in total. The van der Waals surface area contributed by atoms with Gasteiger partial charge in [0.15, 0.2) is 0 Å². The van der Waals surface area contributed by atoms with Crippen LogP contribution < -0.4 is 0 Å². The van der Waals surface area contributed by atoms with Crippen molar-refractivity contribution in [1.29, 1.82) is 0 Å². The summed E-state index contributed by atoms with van der Waals surface area (Å²) in [4.78, 5) is 1.49. The molecule has 19 heavy (non-hydrogen) atoms. The molecule has 0 aliphatic carbocycles. The second-order valence-corrected chi connectivity index (χ2v) is 4.18. The molecule has 96 valence electrons. The molecular formula is C13H13N5O. The molecule has 0 radical (unpaired) electrons. The summed E-state index contributed by atoms with van der Waals surface area (Å²) in [7, 11) is 1.78. The number of aliphatic hydroxyl groups excluding tert-OH is 1. The van der Waals surface area contributed by atoms with Gasteiger partial charge in [0.1, 0.15) is 11.8 Å². The number of para-hydroxylation sites is 1. The molecule has 0 spiro atoms. The average Bonchev–Trinajstić information content (AvgIpc) is 3.08. The van der Waals surface area contributed by atoms with Crippen molar-refractivity contribution in [3.63, 3.8) is 0 Å². The number of hydrogen-bond donors (Lipinski definition) is 1. The molecule has 3 aromatic rings. The second kappa shape index (κ2) is 4.66. The lowest BCUT2D eigenvalue weighted by Crippen LogP contribution is -2.08. The highest BCUT2D eigenvalue weighted by Gasteiger charge is 2.17. The SMILES string of the molecule is Cn1nccc1C(O)c1cnn(-c2ccccc2)n1. The first kappa shape index (κ1) is 11.6. The summed E-state index contributed by atoms with van der Waals surface area (Å²) in [6.07, 6.45) is 2.37. The minimum Gasteiger partial charge on any atom is -0.380 e. The maximum Gasteiger partial charge on any atom is 0.141 e. The van der Waals surface area contributed by atoms with E-state index in [-0.39, 0.29) is 0 Å². The molecule has 1 unspecified atom stereocenters. The van der Waals surface area contributed by atoms with Crippen LogP contribution in [0.25, 0.3) is 5.69 Å². The monoisotopic (exact) mass is 255 g/mol. The molecule has 2 aromatic heterocycles. The van der Waals surface area contributed by atoms with Crippen LogP contribution in [0.5, 0.6) is 0 Å². The van der Waals surface area contributed by atoms with Crippen molar-refractivity contribution in [2.24, 2.45) is 7.05 Å². The number of aromatic nitrogens is 5. The van der Waals surface area contributed by atoms with Crippen LogP contribution in [-0.2, 0) is 7.05 Å². The Morgan fingerprint density at radius 1 is 1.11 bits per heavy atom. The van der Waals surface area contributed by atoms with E-state index in [4.69, 9.17) is 0 Å². The fourth-order valence-electron chi connectivity index (χ4n) is 1.89. The lowest BCUT2D eigenvalue weighted by molar-refractivity contribution is 0.204. The van der Waals surface area contributed by atoms with Gasteiger partial charge in [-0.2, -0.15) is 20.1 Å². The molecular weight excluding hydrogens is 242 g/mol. The summed E-state index contributed by atoms with van der Waals surface area (Å²) >= 11 is 0. The van der Waals surface area contributed by atoms with Crippen molar-refractivity contribution in [3.05, 3.63) is 60.2 Å². The third kappa shape index (κ3) is 2.13. The predicted octanol–water partition coefficient (Wildman–Crippen LogP) is 1.08. The lowest BCUT2D eigenvalue weighted by atomic mass is 10.2. The van der Waals surface area contributed by atoms with Crippen LogP contribution in [0.1, 0.15) is 17.5 Å². The van der Waals surface area contributed by atoms with Crippen molar-refractivity contribution in [2.75, 3.05) is 0 Å². The highest BCUT2D eigenvalue weighted by atomic mass is 16.3. The van der Waals surface area contributed by atoms with Gasteiger partial charge in [-0.05, 0) is 18.2 Å². The third-order valence-corrected chi connectivity index (χ3v) is 2.92. The van der Waals surface area contributed by atoms with E-state index in [1.807, 2.05) is 30.3 Å². The van der Waals surface area contributed by atoms with Gasteiger partial charge in [0, 0.05) is 13.2 Å². The van der Waals surface area contributed by atoms with Gasteiger partial charge in [-0.1, -0.05) is 18.2 Å². The van der Waals surface area contributed by atoms with Gasteiger partial charge in [0.25, 0.3) is 0 Å². The van der Waals surface area contributed by atoms with Gasteiger partial charge >= 0.3 is 0 Å². The fraction of sp³-hybridized carbons (Fsp3) is 0.154. The van der Waals surface area contributed by atoms with E-state index in [1.165, 1.54) is 4.80 Å². The second-order valence-electron chi connectivity index (χ2n) is 4.18. The maximum absolute atomic E-state index is 10.2. The summed E-state index contributed by atoms with van der Waals surface area (Å²) < 4.78 is 1.62. The van der Waals surface area contributed by atoms with E-state index in [2.05, 4.69) is 15.3 Å². The summed E-state index contributed by atoms with van der Waals surface area (Å²) in [6, 6.07) is 11.3. The number of hydrogen-bond acceptors (Lipinski definition) is 4. The highest BCUT2D eigenvalue weighted by molar-refractivity contribution is 5.29. The van der Waals surface area contributed by atoms with Crippen LogP contribution in [0, 0.1) is 0 Å². The largest absolute Gasteiger partial charge is 0.380 e. The van der Waals surface area contributed by atoms with Gasteiger partial charge in [-0.15, -0.1) is 0 Å². The van der Waals surface area contributed by atoms with Crippen LogP contribution in [0.3, 0.4) is 0 Å². The summed E-state index contributed by atoms with van der Waals surface area (Å²) in [5, 5.41) is 22.7. The Balaban J connectivity index is 1.92. The molecule has 1 atom stereocenters. The Morgan fingerprint density at radius 3 is 2.58 bits per heavy atom. The third-order valence-electron chi connectivity index (χ3n) is 2.92. The summed E-state index contributed by atoms with van der Waals surface area (Å²) in [5.74, 6) is 0. The maximum atomic E-state index is 10.2. The molecule has 6 heteroatoms. The van der Waals surface area contributed by atoms with Crippen molar-refractivity contribution in [3.8, 4) is 5.69 Å². The zero-order chi connectivity index (χ0) is 13.2. The molecule has 0 fully saturated rings. The minimum absolute atomic E-state index is 0.493. The highest BCUT2D eigenvalue weighted by Crippen LogP contribution is 2.19. The molecule has 1 aromatic carbocycles. The standard InChI is InChI=1S/C13H13N5O/c1-17-12(7-8-14-17)13(19)11-9-15-18(16-11)10-5-3-2-4-6-10/h2-9,13,19H,1H3. The van der Waals surface area contributed by atoms with Crippen LogP contribution in [0.15, 0.2) is 48.8 Å². The van der Waals surface area contributed by atoms with Crippen LogP contribution in [-0.4, -0.2) is 29.9 Å². The van der Waals surface area contributed by atoms with E-state index in [1.54, 1.807) is 30.2 Å². The number of nitrogens with zero attached hydrogens (tertiary/aromatic N) is 5. The van der Waals surface area contributed by atoms with E-state index in [0.29, 0.717) is 11.4 Å². The van der Waals surface area contributed by atoms with Crippen LogP contribution in [0.4, 0.5) is 0 Å². The van der Waals surface area contributed by atoms with Gasteiger partial charge in [0.2, 0.25) is 0 Å². The molecule has 0 aliphatic rings. The van der Waals surface area contributed by atoms with Crippen molar-refractivity contribution in [1.82, 2.24) is 24.8 Å². The molecule has 2 heterocycles. The van der Waals surface area contributed by atoms with Gasteiger partial charge in [0.05, 0.1) is 17.6 Å². The first-order valence-electron chi connectivity index (χ1n) is 5.89. The smallest absolute Gasteiger partial charge is 0.141 e. The van der Waals surface area contributed by atoms with E-state index in [9.17, 15) is 5.11 Å². The molecule has 3 rings (SSSR count). The molecule has 0 amide bonds. The normalized spacial score (nSPS) is 12.5. The van der Waals surface area contributed by atoms with Crippen LogP contribution >= 0.6 is 0 Å². The van der Waals surface area contributed by atoms with Crippen molar-refractivity contribution in [2.45, 2.75) is 6.10 Å². The molecule has 0 saturated heterocycles. The minimum atomic E-state index is -0.829. The fourth-order valence-corrected chi connectivity index (χ4v) is 1.89. The first-order chi connectivity index (χ1) is 9.25. The zero-order valence-corrected chi connectivity index (χ0v) is 10.4. The van der Waals surface area contributed by atoms with Gasteiger partial charge < -0.3 is 5.11 Å². The first-order valence-corrected chi connectivity index (χ1v) is 5.89. The Kier molecular flexibility index (Phi) is 2.85. The van der Waals surface area contributed by atoms with Crippen LogP contribution in [0.2, 0.25) is 0 Å². The summed E-state index contributed by atoms with van der Waals surface area (Å²) in [5.41, 5.74) is 2.03. The number of rotatable bonds is 3. The Labute approximate surface area is 109 Å². The number of aliphatic hydroxyl groups is 1. The van der Waals surface area contributed by atoms with Crippen molar-refractivity contribution >= 4 is 0 Å². The molecule has 0 bridgehead atoms.